The van der Waals surface area contributed by atoms with Gasteiger partial charge in [-0.25, -0.2) is 0 Å². The van der Waals surface area contributed by atoms with Crippen molar-refractivity contribution in [3.8, 4) is 5.75 Å². The number of imide groups is 1. The van der Waals surface area contributed by atoms with Gasteiger partial charge in [-0.1, -0.05) is 18.2 Å². The van der Waals surface area contributed by atoms with Crippen LogP contribution >= 0.6 is 0 Å². The Hall–Kier alpha value is -0.957. The summed E-state index contributed by atoms with van der Waals surface area (Å²) in [7, 11) is 3.17. The van der Waals surface area contributed by atoms with Gasteiger partial charge >= 0.3 is 0 Å². The van der Waals surface area contributed by atoms with E-state index >= 15 is 0 Å². The molecule has 0 bridgehead atoms. The molecule has 4 nitrogen and oxygen atoms in total. The van der Waals surface area contributed by atoms with Crippen molar-refractivity contribution in [1.82, 2.24) is 4.90 Å². The fraction of sp³-hybridized carbons (Fsp3) is 0.333. The van der Waals surface area contributed by atoms with E-state index in [9.17, 15) is 9.59 Å². The Balaban J connectivity index is 0.000000284. The second kappa shape index (κ2) is 8.18. The van der Waals surface area contributed by atoms with Crippen LogP contribution in [0.5, 0.6) is 5.75 Å². The van der Waals surface area contributed by atoms with Crippen molar-refractivity contribution in [1.29, 1.82) is 0 Å². The molecule has 1 aliphatic rings. The van der Waals surface area contributed by atoms with Crippen molar-refractivity contribution in [3.05, 3.63) is 30.3 Å². The number of hydrogen-bond acceptors (Lipinski definition) is 3. The third kappa shape index (κ3) is 5.27. The van der Waals surface area contributed by atoms with Gasteiger partial charge in [0, 0.05) is 46.1 Å². The zero-order valence-corrected chi connectivity index (χ0v) is 12.4. The molecule has 0 aromatic heterocycles. The van der Waals surface area contributed by atoms with Crippen molar-refractivity contribution >= 4 is 11.8 Å². The van der Waals surface area contributed by atoms with E-state index in [2.05, 4.69) is 0 Å². The third-order valence-electron chi connectivity index (χ3n) is 2.28. The molecule has 2 amide bonds. The summed E-state index contributed by atoms with van der Waals surface area (Å²) in [5.74, 6) is 0.789. The fourth-order valence-electron chi connectivity index (χ4n) is 1.24. The predicted octanol–water partition coefficient (Wildman–Crippen LogP) is 1.46. The second-order valence-corrected chi connectivity index (χ2v) is 3.36. The molecule has 1 saturated heterocycles. The molecule has 17 heavy (non-hydrogen) atoms. The number of likely N-dealkylation sites (tertiary alicyclic amines) is 1. The molecule has 0 aliphatic carbocycles. The number of hydrogen-bond donors (Lipinski definition) is 0. The van der Waals surface area contributed by atoms with Gasteiger partial charge in [0.05, 0.1) is 7.11 Å². The normalized spacial score (nSPS) is 13.6. The molecular weight excluding hydrogens is 297 g/mol. The molecule has 90 valence electrons. The van der Waals surface area contributed by atoms with Crippen molar-refractivity contribution in [3.63, 3.8) is 0 Å². The number of ether oxygens (including phenoxy) is 1. The van der Waals surface area contributed by atoms with Crippen LogP contribution in [0.2, 0.25) is 0 Å². The number of rotatable bonds is 1. The van der Waals surface area contributed by atoms with Crippen LogP contribution in [0.15, 0.2) is 30.3 Å². The summed E-state index contributed by atoms with van der Waals surface area (Å²) in [5, 5.41) is 0. The van der Waals surface area contributed by atoms with E-state index in [-0.39, 0.29) is 38.0 Å². The van der Waals surface area contributed by atoms with Crippen LogP contribution in [0.4, 0.5) is 0 Å². The van der Waals surface area contributed by atoms with Gasteiger partial charge in [0.15, 0.2) is 0 Å². The first-order valence-electron chi connectivity index (χ1n) is 5.03. The van der Waals surface area contributed by atoms with Crippen LogP contribution < -0.4 is 4.74 Å². The molecule has 0 N–H and O–H groups in total. The van der Waals surface area contributed by atoms with Crippen molar-refractivity contribution in [2.75, 3.05) is 14.2 Å². The Kier molecular flexibility index (Phi) is 7.72. The number of amides is 2. The first-order valence-corrected chi connectivity index (χ1v) is 5.03. The van der Waals surface area contributed by atoms with Crippen LogP contribution in [0.3, 0.4) is 0 Å². The van der Waals surface area contributed by atoms with Gasteiger partial charge in [0.2, 0.25) is 11.8 Å². The van der Waals surface area contributed by atoms with Crippen LogP contribution in [-0.4, -0.2) is 30.9 Å². The summed E-state index contributed by atoms with van der Waals surface area (Å²) in [6.45, 7) is 0. The Morgan fingerprint density at radius 2 is 1.53 bits per heavy atom. The van der Waals surface area contributed by atoms with Crippen LogP contribution in [0, 0.1) is 0 Å². The molecule has 1 aromatic carbocycles. The van der Waals surface area contributed by atoms with Gasteiger partial charge in [-0.2, -0.15) is 0 Å². The van der Waals surface area contributed by atoms with Gasteiger partial charge in [0.25, 0.3) is 0 Å². The summed E-state index contributed by atoms with van der Waals surface area (Å²) in [6.07, 6.45) is 0.796. The zero-order valence-electron chi connectivity index (χ0n) is 9.97. The maximum absolute atomic E-state index is 10.5. The first-order chi connectivity index (χ1) is 7.65. The summed E-state index contributed by atoms with van der Waals surface area (Å²) >= 11 is 0. The molecule has 0 unspecified atom stereocenters. The molecule has 0 spiro atoms. The van der Waals surface area contributed by atoms with E-state index in [0.29, 0.717) is 12.8 Å². The summed E-state index contributed by atoms with van der Waals surface area (Å²) < 4.78 is 4.91. The average Bonchev–Trinajstić information content (AvgIpc) is 2.62. The Morgan fingerprint density at radius 1 is 1.06 bits per heavy atom. The molecule has 1 aromatic rings. The quantitative estimate of drug-likeness (QED) is 0.738. The standard InChI is InChI=1S/C7H8O.C5H7NO2.Zr/c1-8-7-5-3-2-4-6-7;1-6-4(7)2-3-5(6)8;/h2-6H,1H3;2-3H2,1H3;. The van der Waals surface area contributed by atoms with Gasteiger partial charge in [-0.3, -0.25) is 14.5 Å². The Labute approximate surface area is 120 Å². The molecule has 0 atom stereocenters. The number of carbonyl (C=O) groups is 2. The molecular formula is C12H15NO3Zr. The van der Waals surface area contributed by atoms with E-state index in [1.807, 2.05) is 30.3 Å². The average molecular weight is 312 g/mol. The maximum Gasteiger partial charge on any atom is 0.229 e. The maximum atomic E-state index is 10.5. The predicted molar refractivity (Wildman–Crippen MR) is 60.0 cm³/mol. The Morgan fingerprint density at radius 3 is 1.76 bits per heavy atom. The number of carbonyl (C=O) groups excluding carboxylic acids is 2. The second-order valence-electron chi connectivity index (χ2n) is 3.36. The van der Waals surface area contributed by atoms with Gasteiger partial charge in [-0.15, -0.1) is 0 Å². The minimum Gasteiger partial charge on any atom is -0.497 e. The Bertz CT molecular complexity index is 351. The van der Waals surface area contributed by atoms with E-state index in [1.165, 1.54) is 11.9 Å². The monoisotopic (exact) mass is 311 g/mol. The van der Waals surface area contributed by atoms with Crippen LogP contribution in [0.1, 0.15) is 12.8 Å². The van der Waals surface area contributed by atoms with Gasteiger partial charge in [-0.05, 0) is 12.1 Å². The van der Waals surface area contributed by atoms with Crippen LogP contribution in [0.25, 0.3) is 0 Å². The number of para-hydroxylation sites is 1. The fourth-order valence-corrected chi connectivity index (χ4v) is 1.24. The molecule has 0 saturated carbocycles. The molecule has 1 aliphatic heterocycles. The number of nitrogens with zero attached hydrogens (tertiary/aromatic N) is 1. The smallest absolute Gasteiger partial charge is 0.229 e. The summed E-state index contributed by atoms with van der Waals surface area (Å²) in [5.41, 5.74) is 0. The number of methoxy groups -OCH3 is 1. The van der Waals surface area contributed by atoms with Gasteiger partial charge < -0.3 is 4.74 Å². The molecule has 2 rings (SSSR count). The molecule has 5 heteroatoms. The molecule has 0 radical (unpaired) electrons. The van der Waals surface area contributed by atoms with Crippen molar-refractivity contribution in [2.45, 2.75) is 12.8 Å². The van der Waals surface area contributed by atoms with Crippen LogP contribution in [-0.2, 0) is 35.8 Å². The molecule has 1 fully saturated rings. The van der Waals surface area contributed by atoms with Crippen molar-refractivity contribution < 1.29 is 40.5 Å². The van der Waals surface area contributed by atoms with E-state index < -0.39 is 0 Å². The van der Waals surface area contributed by atoms with Crippen molar-refractivity contribution in [2.24, 2.45) is 0 Å². The minimum atomic E-state index is -0.0602. The summed E-state index contributed by atoms with van der Waals surface area (Å²) in [4.78, 5) is 22.1. The van der Waals surface area contributed by atoms with E-state index in [0.717, 1.165) is 5.75 Å². The summed E-state index contributed by atoms with van der Waals surface area (Å²) in [6, 6.07) is 9.68. The SMILES string of the molecule is CN1C(=O)CCC1=O.COc1ccccc1.[Zr]. The minimum absolute atomic E-state index is 0. The van der Waals surface area contributed by atoms with E-state index in [4.69, 9.17) is 4.74 Å². The van der Waals surface area contributed by atoms with Gasteiger partial charge in [0.1, 0.15) is 5.75 Å². The third-order valence-corrected chi connectivity index (χ3v) is 2.28. The largest absolute Gasteiger partial charge is 0.497 e. The molecule has 1 heterocycles. The topological polar surface area (TPSA) is 46.6 Å². The first kappa shape index (κ1) is 16.0. The van der Waals surface area contributed by atoms with E-state index in [1.54, 1.807) is 7.11 Å². The number of benzene rings is 1. The zero-order chi connectivity index (χ0) is 12.0.